The third kappa shape index (κ3) is 5.10. The fourth-order valence-electron chi connectivity index (χ4n) is 3.30. The van der Waals surface area contributed by atoms with Crippen LogP contribution >= 0.6 is 0 Å². The molecule has 0 saturated carbocycles. The number of ether oxygens (including phenoxy) is 1. The van der Waals surface area contributed by atoms with Gasteiger partial charge in [0.25, 0.3) is 0 Å². The van der Waals surface area contributed by atoms with Gasteiger partial charge in [0.05, 0.1) is 6.61 Å². The summed E-state index contributed by atoms with van der Waals surface area (Å²) in [6, 6.07) is 18.4. The van der Waals surface area contributed by atoms with Gasteiger partial charge in [0.1, 0.15) is 35.8 Å². The highest BCUT2D eigenvalue weighted by molar-refractivity contribution is 5.25. The molecule has 5 N–H and O–H groups in total. The molecule has 2 aromatic rings. The Kier molecular flexibility index (Phi) is 7.98. The lowest BCUT2D eigenvalue weighted by Crippen LogP contribution is -2.62. The second-order valence-electron chi connectivity index (χ2n) is 7.36. The van der Waals surface area contributed by atoms with Gasteiger partial charge in [0.2, 0.25) is 0 Å². The first-order chi connectivity index (χ1) is 13.3. The molecule has 0 saturated heterocycles. The molecule has 0 aliphatic rings. The Labute approximate surface area is 165 Å². The Hall–Kier alpha value is -1.96. The number of aliphatic hydroxyl groups excluding tert-OH is 5. The summed E-state index contributed by atoms with van der Waals surface area (Å²) >= 11 is 0. The fourth-order valence-corrected chi connectivity index (χ4v) is 3.30. The molecule has 0 aliphatic carbocycles. The molecule has 0 fully saturated rings. The normalized spacial score (nSPS) is 18.1. The predicted molar refractivity (Wildman–Crippen MR) is 106 cm³/mol. The van der Waals surface area contributed by atoms with E-state index in [9.17, 15) is 20.4 Å². The molecule has 6 nitrogen and oxygen atoms in total. The van der Waals surface area contributed by atoms with Gasteiger partial charge in [-0.25, -0.2) is 0 Å². The molecular weight excluding hydrogens is 360 g/mol. The third-order valence-corrected chi connectivity index (χ3v) is 5.11. The van der Waals surface area contributed by atoms with Crippen molar-refractivity contribution >= 4 is 0 Å². The zero-order valence-electron chi connectivity index (χ0n) is 16.2. The van der Waals surface area contributed by atoms with Crippen LogP contribution in [0.2, 0.25) is 0 Å². The van der Waals surface area contributed by atoms with Gasteiger partial charge in [0.15, 0.2) is 0 Å². The van der Waals surface area contributed by atoms with Crippen LogP contribution in [0.1, 0.15) is 19.4 Å². The molecule has 0 bridgehead atoms. The van der Waals surface area contributed by atoms with Crippen molar-refractivity contribution < 1.29 is 30.3 Å². The summed E-state index contributed by atoms with van der Waals surface area (Å²) in [5, 5.41) is 50.6. The third-order valence-electron chi connectivity index (χ3n) is 5.11. The smallest absolute Gasteiger partial charge is 0.144 e. The van der Waals surface area contributed by atoms with Crippen molar-refractivity contribution in [2.75, 3.05) is 6.61 Å². The molecule has 0 radical (unpaired) electrons. The highest BCUT2D eigenvalue weighted by Gasteiger charge is 2.49. The molecule has 5 unspecified atom stereocenters. The molecule has 6 heteroatoms. The van der Waals surface area contributed by atoms with Crippen LogP contribution in [-0.2, 0) is 6.42 Å². The topological polar surface area (TPSA) is 110 Å². The lowest BCUT2D eigenvalue weighted by molar-refractivity contribution is -0.176. The van der Waals surface area contributed by atoms with E-state index in [1.807, 2.05) is 50.2 Å². The molecule has 0 aromatic heterocycles. The van der Waals surface area contributed by atoms with Gasteiger partial charge >= 0.3 is 0 Å². The minimum atomic E-state index is -1.73. The first-order valence-corrected chi connectivity index (χ1v) is 9.43. The Morgan fingerprint density at radius 1 is 0.821 bits per heavy atom. The molecule has 154 valence electrons. The van der Waals surface area contributed by atoms with E-state index in [0.717, 1.165) is 5.56 Å². The first-order valence-electron chi connectivity index (χ1n) is 9.43. The van der Waals surface area contributed by atoms with Crippen LogP contribution in [0.4, 0.5) is 0 Å². The Bertz CT molecular complexity index is 649. The van der Waals surface area contributed by atoms with Gasteiger partial charge in [-0.3, -0.25) is 0 Å². The van der Waals surface area contributed by atoms with E-state index >= 15 is 0 Å². The van der Waals surface area contributed by atoms with Gasteiger partial charge in [-0.2, -0.15) is 0 Å². The van der Waals surface area contributed by atoms with E-state index in [4.69, 9.17) is 9.84 Å². The van der Waals surface area contributed by atoms with Crippen LogP contribution in [0.15, 0.2) is 60.7 Å². The molecule has 0 heterocycles. The average Bonchev–Trinajstić information content (AvgIpc) is 2.72. The van der Waals surface area contributed by atoms with Crippen molar-refractivity contribution in [1.29, 1.82) is 0 Å². The number of rotatable bonds is 10. The van der Waals surface area contributed by atoms with Gasteiger partial charge < -0.3 is 30.3 Å². The number of para-hydroxylation sites is 1. The molecule has 5 atom stereocenters. The van der Waals surface area contributed by atoms with Crippen molar-refractivity contribution in [3.05, 3.63) is 66.2 Å². The monoisotopic (exact) mass is 390 g/mol. The predicted octanol–water partition coefficient (Wildman–Crippen LogP) is 1.14. The van der Waals surface area contributed by atoms with Crippen molar-refractivity contribution in [3.8, 4) is 5.75 Å². The fraction of sp³-hybridized carbons (Fsp3) is 0.455. The van der Waals surface area contributed by atoms with Gasteiger partial charge in [-0.15, -0.1) is 0 Å². The molecule has 2 aromatic carbocycles. The summed E-state index contributed by atoms with van der Waals surface area (Å²) in [6.07, 6.45) is -6.31. The van der Waals surface area contributed by atoms with Crippen LogP contribution in [-0.4, -0.2) is 62.2 Å². The van der Waals surface area contributed by atoms with Crippen LogP contribution in [0.25, 0.3) is 0 Å². The second-order valence-corrected chi connectivity index (χ2v) is 7.36. The lowest BCUT2D eigenvalue weighted by Gasteiger charge is -2.44. The zero-order valence-corrected chi connectivity index (χ0v) is 16.2. The Morgan fingerprint density at radius 2 is 1.36 bits per heavy atom. The minimum absolute atomic E-state index is 0.264. The maximum atomic E-state index is 11.1. The van der Waals surface area contributed by atoms with Crippen LogP contribution in [0.5, 0.6) is 5.75 Å². The van der Waals surface area contributed by atoms with E-state index < -0.39 is 36.6 Å². The van der Waals surface area contributed by atoms with E-state index in [1.165, 1.54) is 0 Å². The van der Waals surface area contributed by atoms with Crippen LogP contribution < -0.4 is 4.74 Å². The summed E-state index contributed by atoms with van der Waals surface area (Å²) in [6.45, 7) is 2.98. The van der Waals surface area contributed by atoms with Crippen molar-refractivity contribution in [2.45, 2.75) is 50.3 Å². The Balaban J connectivity index is 2.45. The quantitative estimate of drug-likeness (QED) is 0.416. The standard InChI is InChI=1S/C22H30O6/c1-15(2)22(13-16-9-5-3-6-10-16,28-17-11-7-4-8-12-17)21(27)20(26)19(25)18(24)14-23/h3-12,15,18-21,23-27H,13-14H2,1-2H3. The zero-order chi connectivity index (χ0) is 20.7. The number of hydrogen-bond donors (Lipinski definition) is 5. The molecular formula is C22H30O6. The SMILES string of the molecule is CC(C)C(Cc1ccccc1)(Oc1ccccc1)C(O)C(O)C(O)C(O)CO. The molecule has 0 spiro atoms. The lowest BCUT2D eigenvalue weighted by atomic mass is 9.76. The van der Waals surface area contributed by atoms with Gasteiger partial charge in [-0.1, -0.05) is 62.4 Å². The van der Waals surface area contributed by atoms with Crippen LogP contribution in [0, 0.1) is 5.92 Å². The highest BCUT2D eigenvalue weighted by Crippen LogP contribution is 2.34. The van der Waals surface area contributed by atoms with E-state index in [1.54, 1.807) is 24.3 Å². The van der Waals surface area contributed by atoms with E-state index in [0.29, 0.717) is 5.75 Å². The highest BCUT2D eigenvalue weighted by atomic mass is 16.5. The summed E-state index contributed by atoms with van der Waals surface area (Å²) in [5.74, 6) is 0.242. The minimum Gasteiger partial charge on any atom is -0.484 e. The first kappa shape index (κ1) is 22.3. The second kappa shape index (κ2) is 10.0. The molecule has 2 rings (SSSR count). The van der Waals surface area contributed by atoms with Crippen molar-refractivity contribution in [2.24, 2.45) is 5.92 Å². The largest absolute Gasteiger partial charge is 0.484 e. The molecule has 0 amide bonds. The summed E-state index contributed by atoms with van der Waals surface area (Å²) in [7, 11) is 0. The van der Waals surface area contributed by atoms with Gasteiger partial charge in [0, 0.05) is 6.42 Å². The van der Waals surface area contributed by atoms with Gasteiger partial charge in [-0.05, 0) is 23.6 Å². The molecule has 28 heavy (non-hydrogen) atoms. The number of hydrogen-bond acceptors (Lipinski definition) is 6. The van der Waals surface area contributed by atoms with E-state index in [2.05, 4.69) is 0 Å². The van der Waals surface area contributed by atoms with Crippen molar-refractivity contribution in [3.63, 3.8) is 0 Å². The summed E-state index contributed by atoms with van der Waals surface area (Å²) in [5.41, 5.74) is -0.409. The average molecular weight is 390 g/mol. The Morgan fingerprint density at radius 3 is 1.86 bits per heavy atom. The molecule has 0 aliphatic heterocycles. The van der Waals surface area contributed by atoms with E-state index in [-0.39, 0.29) is 12.3 Å². The summed E-state index contributed by atoms with van der Waals surface area (Å²) < 4.78 is 6.25. The summed E-state index contributed by atoms with van der Waals surface area (Å²) in [4.78, 5) is 0. The van der Waals surface area contributed by atoms with Crippen molar-refractivity contribution in [1.82, 2.24) is 0 Å². The van der Waals surface area contributed by atoms with Crippen LogP contribution in [0.3, 0.4) is 0 Å². The maximum Gasteiger partial charge on any atom is 0.144 e. The maximum absolute atomic E-state index is 11.1. The number of benzene rings is 2. The number of aliphatic hydroxyl groups is 5.